The molecule has 13 heavy (non-hydrogen) atoms. The van der Waals surface area contributed by atoms with E-state index in [0.717, 1.165) is 0 Å². The molecule has 0 atom stereocenters. The molecule has 0 aliphatic heterocycles. The van der Waals surface area contributed by atoms with Gasteiger partial charge in [-0.1, -0.05) is 0 Å². The molecule has 0 bridgehead atoms. The van der Waals surface area contributed by atoms with E-state index in [1.54, 1.807) is 6.07 Å². The molecule has 0 unspecified atom stereocenters. The summed E-state index contributed by atoms with van der Waals surface area (Å²) in [6, 6.07) is 5.83. The number of benzene rings is 1. The summed E-state index contributed by atoms with van der Waals surface area (Å²) in [5.74, 6) is 0. The van der Waals surface area contributed by atoms with E-state index in [-0.39, 0.29) is 9.17 Å². The SMILES string of the molecule is O=Cc1ccccc1[Te]C(F)(F)F. The third-order valence-corrected chi connectivity index (χ3v) is 3.62. The Labute approximate surface area is 83.0 Å². The zero-order valence-electron chi connectivity index (χ0n) is 6.34. The average Bonchev–Trinajstić information content (AvgIpc) is 2.02. The van der Waals surface area contributed by atoms with Crippen LogP contribution in [0.3, 0.4) is 0 Å². The molecule has 70 valence electrons. The summed E-state index contributed by atoms with van der Waals surface area (Å²) in [6.07, 6.45) is 0.464. The van der Waals surface area contributed by atoms with E-state index in [4.69, 9.17) is 0 Å². The Hall–Kier alpha value is -0.530. The van der Waals surface area contributed by atoms with Gasteiger partial charge in [-0.15, -0.1) is 0 Å². The number of hydrogen-bond acceptors (Lipinski definition) is 1. The van der Waals surface area contributed by atoms with Gasteiger partial charge in [0.1, 0.15) is 0 Å². The zero-order chi connectivity index (χ0) is 9.90. The first-order valence-corrected chi connectivity index (χ1v) is 5.66. The maximum absolute atomic E-state index is 12.0. The molecule has 1 rings (SSSR count). The summed E-state index contributed by atoms with van der Waals surface area (Å²) in [5, 5.41) is 0. The zero-order valence-corrected chi connectivity index (χ0v) is 8.67. The van der Waals surface area contributed by atoms with Gasteiger partial charge in [0, 0.05) is 0 Å². The number of rotatable bonds is 2. The van der Waals surface area contributed by atoms with Crippen molar-refractivity contribution in [2.75, 3.05) is 0 Å². The van der Waals surface area contributed by atoms with Gasteiger partial charge in [0.2, 0.25) is 0 Å². The van der Waals surface area contributed by atoms with Crippen LogP contribution in [-0.4, -0.2) is 31.4 Å². The van der Waals surface area contributed by atoms with Crippen LogP contribution in [0.25, 0.3) is 0 Å². The number of carbonyl (C=O) groups is 1. The minimum absolute atomic E-state index is 0.149. The van der Waals surface area contributed by atoms with E-state index < -0.39 is 25.1 Å². The van der Waals surface area contributed by atoms with Crippen LogP contribution in [0.1, 0.15) is 10.4 Å². The Kier molecular flexibility index (Phi) is 3.34. The fourth-order valence-electron chi connectivity index (χ4n) is 0.796. The first kappa shape index (κ1) is 10.5. The van der Waals surface area contributed by atoms with Crippen molar-refractivity contribution in [3.05, 3.63) is 29.8 Å². The van der Waals surface area contributed by atoms with Crippen LogP contribution in [0.15, 0.2) is 24.3 Å². The standard InChI is InChI=1S/C8H5F3OTe/c9-8(10,11)13-7-4-2-1-3-6(7)5-12/h1-5H. The number of hydrogen-bond donors (Lipinski definition) is 0. The predicted octanol–water partition coefficient (Wildman–Crippen LogP) is 1.35. The molecule has 0 amide bonds. The van der Waals surface area contributed by atoms with Gasteiger partial charge in [-0.25, -0.2) is 0 Å². The van der Waals surface area contributed by atoms with E-state index in [0.29, 0.717) is 6.29 Å². The van der Waals surface area contributed by atoms with Crippen molar-refractivity contribution < 1.29 is 18.0 Å². The van der Waals surface area contributed by atoms with Crippen LogP contribution in [0.2, 0.25) is 0 Å². The molecule has 0 saturated heterocycles. The molecule has 0 heterocycles. The molecule has 1 nitrogen and oxygen atoms in total. The molecule has 0 N–H and O–H groups in total. The molecule has 0 spiro atoms. The molecule has 0 aliphatic carbocycles. The Morgan fingerprint density at radius 2 is 1.85 bits per heavy atom. The van der Waals surface area contributed by atoms with Crippen LogP contribution in [0.5, 0.6) is 0 Å². The third-order valence-electron chi connectivity index (χ3n) is 1.27. The molecule has 5 heteroatoms. The van der Waals surface area contributed by atoms with Crippen molar-refractivity contribution in [1.82, 2.24) is 0 Å². The van der Waals surface area contributed by atoms with E-state index in [2.05, 4.69) is 0 Å². The summed E-state index contributed by atoms with van der Waals surface area (Å²) < 4.78 is 32.0. The summed E-state index contributed by atoms with van der Waals surface area (Å²) in [6.45, 7) is 0. The molecule has 0 aromatic heterocycles. The van der Waals surface area contributed by atoms with Crippen molar-refractivity contribution in [1.29, 1.82) is 0 Å². The Balaban J connectivity index is 2.94. The van der Waals surface area contributed by atoms with Gasteiger partial charge in [-0.2, -0.15) is 0 Å². The monoisotopic (exact) mass is 304 g/mol. The molecule has 0 saturated carbocycles. The van der Waals surface area contributed by atoms with Crippen LogP contribution in [-0.2, 0) is 0 Å². The molecule has 0 radical (unpaired) electrons. The van der Waals surface area contributed by atoms with Crippen LogP contribution in [0.4, 0.5) is 13.2 Å². The number of aldehydes is 1. The molecular weight excluding hydrogens is 297 g/mol. The molecular formula is C8H5F3OTe. The van der Waals surface area contributed by atoms with Crippen molar-refractivity contribution in [3.8, 4) is 0 Å². The first-order chi connectivity index (χ1) is 6.03. The van der Waals surface area contributed by atoms with E-state index in [1.807, 2.05) is 0 Å². The van der Waals surface area contributed by atoms with Gasteiger partial charge in [0.25, 0.3) is 0 Å². The normalized spacial score (nSPS) is 11.3. The summed E-state index contributed by atoms with van der Waals surface area (Å²) in [4.78, 5) is 10.4. The Bertz CT molecular complexity index is 309. The quantitative estimate of drug-likeness (QED) is 0.595. The second-order valence-corrected chi connectivity index (χ2v) is 5.36. The number of halogens is 3. The molecule has 1 aromatic carbocycles. The fraction of sp³-hybridized carbons (Fsp3) is 0.125. The predicted molar refractivity (Wildman–Crippen MR) is 43.3 cm³/mol. The number of carbonyl (C=O) groups excluding carboxylic acids is 1. The maximum atomic E-state index is 12.0. The van der Waals surface area contributed by atoms with Crippen LogP contribution in [0, 0.1) is 0 Å². The molecule has 0 aliphatic rings. The van der Waals surface area contributed by atoms with Gasteiger partial charge in [0.15, 0.2) is 0 Å². The minimum atomic E-state index is -4.13. The van der Waals surface area contributed by atoms with Gasteiger partial charge in [-0.05, 0) is 0 Å². The topological polar surface area (TPSA) is 17.1 Å². The van der Waals surface area contributed by atoms with Crippen LogP contribution >= 0.6 is 0 Å². The van der Waals surface area contributed by atoms with Gasteiger partial charge in [-0.3, -0.25) is 0 Å². The van der Waals surface area contributed by atoms with Crippen molar-refractivity contribution in [3.63, 3.8) is 0 Å². The van der Waals surface area contributed by atoms with Gasteiger partial charge < -0.3 is 0 Å². The summed E-state index contributed by atoms with van der Waals surface area (Å²) in [7, 11) is 0. The Morgan fingerprint density at radius 1 is 1.23 bits per heavy atom. The first-order valence-electron chi connectivity index (χ1n) is 3.33. The summed E-state index contributed by atoms with van der Waals surface area (Å²) >= 11 is -2.26. The fourth-order valence-corrected chi connectivity index (χ4v) is 2.59. The molecule has 0 fully saturated rings. The van der Waals surface area contributed by atoms with E-state index >= 15 is 0 Å². The van der Waals surface area contributed by atoms with Gasteiger partial charge >= 0.3 is 82.8 Å². The Morgan fingerprint density at radius 3 is 2.38 bits per heavy atom. The average molecular weight is 302 g/mol. The second-order valence-electron chi connectivity index (χ2n) is 2.20. The van der Waals surface area contributed by atoms with E-state index in [9.17, 15) is 18.0 Å². The summed E-state index contributed by atoms with van der Waals surface area (Å²) in [5.41, 5.74) is 0.155. The van der Waals surface area contributed by atoms with Crippen molar-refractivity contribution in [2.24, 2.45) is 0 Å². The van der Waals surface area contributed by atoms with Crippen LogP contribution < -0.4 is 3.61 Å². The third kappa shape index (κ3) is 3.37. The van der Waals surface area contributed by atoms with E-state index in [1.165, 1.54) is 18.2 Å². The molecule has 1 aromatic rings. The van der Waals surface area contributed by atoms with Gasteiger partial charge in [0.05, 0.1) is 0 Å². The van der Waals surface area contributed by atoms with Crippen molar-refractivity contribution in [2.45, 2.75) is 4.22 Å². The number of alkyl halides is 3. The second kappa shape index (κ2) is 4.12. The van der Waals surface area contributed by atoms with Crippen molar-refractivity contribution >= 4 is 30.8 Å².